The normalized spacial score (nSPS) is 16.9. The number of carbonyl (C=O) groups excluding carboxylic acids is 1. The van der Waals surface area contributed by atoms with E-state index < -0.39 is 10.0 Å². The number of nitrogens with one attached hydrogen (secondary N) is 2. The maximum atomic E-state index is 13.7. The number of anilines is 3. The minimum atomic E-state index is -3.58. The summed E-state index contributed by atoms with van der Waals surface area (Å²) in [6.45, 7) is 6.70. The van der Waals surface area contributed by atoms with E-state index in [4.69, 9.17) is 4.74 Å². The second-order valence-electron chi connectivity index (χ2n) is 11.9. The molecule has 0 bridgehead atoms. The molecule has 234 valence electrons. The number of amides is 1. The molecule has 1 unspecified atom stereocenters. The number of para-hydroxylation sites is 1. The smallest absolute Gasteiger partial charge is 0.255 e. The highest BCUT2D eigenvalue weighted by Gasteiger charge is 2.40. The van der Waals surface area contributed by atoms with Crippen molar-refractivity contribution >= 4 is 33.0 Å². The van der Waals surface area contributed by atoms with Crippen molar-refractivity contribution in [3.63, 3.8) is 0 Å². The van der Waals surface area contributed by atoms with Gasteiger partial charge < -0.3 is 10.1 Å². The lowest BCUT2D eigenvalue weighted by atomic mass is 9.96. The van der Waals surface area contributed by atoms with Gasteiger partial charge in [-0.15, -0.1) is 0 Å². The average Bonchev–Trinajstić information content (AvgIpc) is 3.38. The lowest BCUT2D eigenvalue weighted by Gasteiger charge is -2.20. The zero-order chi connectivity index (χ0) is 31.9. The van der Waals surface area contributed by atoms with Crippen molar-refractivity contribution in [3.05, 3.63) is 94.8 Å². The molecular formula is C33H37N7O4S. The first-order valence-corrected chi connectivity index (χ1v) is 16.8. The number of carbonyl (C=O) groups is 1. The maximum Gasteiger partial charge on any atom is 0.255 e. The van der Waals surface area contributed by atoms with Crippen LogP contribution in [-0.4, -0.2) is 44.0 Å². The first kappa shape index (κ1) is 30.3. The third-order valence-corrected chi connectivity index (χ3v) is 9.11. The fourth-order valence-electron chi connectivity index (χ4n) is 5.74. The summed E-state index contributed by atoms with van der Waals surface area (Å²) in [6, 6.07) is 18.9. The van der Waals surface area contributed by atoms with Crippen LogP contribution < -0.4 is 19.8 Å². The second kappa shape index (κ2) is 11.7. The van der Waals surface area contributed by atoms with Crippen LogP contribution >= 0.6 is 0 Å². The summed E-state index contributed by atoms with van der Waals surface area (Å²) < 4.78 is 34.3. The minimum Gasteiger partial charge on any atom is -0.492 e. The molecule has 2 aliphatic rings. The quantitative estimate of drug-likeness (QED) is 0.211. The van der Waals surface area contributed by atoms with Crippen LogP contribution in [0.2, 0.25) is 0 Å². The number of benzene rings is 3. The molecule has 1 saturated carbocycles. The Morgan fingerprint density at radius 2 is 1.82 bits per heavy atom. The largest absolute Gasteiger partial charge is 0.492 e. The van der Waals surface area contributed by atoms with Crippen molar-refractivity contribution in [2.24, 2.45) is 10.3 Å². The number of ether oxygens (including phenoxy) is 1. The number of nitrogens with zero attached hydrogens (tertiary/aromatic N) is 5. The summed E-state index contributed by atoms with van der Waals surface area (Å²) >= 11 is 0. The maximum absolute atomic E-state index is 13.7. The molecule has 1 atom stereocenters. The summed E-state index contributed by atoms with van der Waals surface area (Å²) in [6.07, 6.45) is 5.69. The summed E-state index contributed by atoms with van der Waals surface area (Å²) in [5, 5.41) is 18.5. The third kappa shape index (κ3) is 6.15. The van der Waals surface area contributed by atoms with Gasteiger partial charge in [0.15, 0.2) is 5.75 Å². The number of rotatable bonds is 10. The highest BCUT2D eigenvalue weighted by molar-refractivity contribution is 7.92. The SMILES string of the molecule is CCc1c(C2CN(c3cc(C(=O)Nc4cc(C5(C)CC5)cc(NS(C)(=O)=O)c4OC)ccc3C)N=N2)cnn1-c1ccccc1. The van der Waals surface area contributed by atoms with Crippen LogP contribution in [0.3, 0.4) is 0 Å². The lowest BCUT2D eigenvalue weighted by Crippen LogP contribution is -2.20. The summed E-state index contributed by atoms with van der Waals surface area (Å²) in [5.74, 6) is -0.115. The van der Waals surface area contributed by atoms with Crippen molar-refractivity contribution in [1.29, 1.82) is 0 Å². The molecule has 2 heterocycles. The molecule has 2 N–H and O–H groups in total. The van der Waals surface area contributed by atoms with E-state index in [1.165, 1.54) is 7.11 Å². The first-order valence-electron chi connectivity index (χ1n) is 14.9. The van der Waals surface area contributed by atoms with Crippen LogP contribution in [0.1, 0.15) is 65.5 Å². The number of aromatic nitrogens is 2. The Labute approximate surface area is 263 Å². The van der Waals surface area contributed by atoms with Crippen molar-refractivity contribution in [3.8, 4) is 11.4 Å². The van der Waals surface area contributed by atoms with Crippen LogP contribution in [-0.2, 0) is 21.9 Å². The average molecular weight is 628 g/mol. The van der Waals surface area contributed by atoms with Gasteiger partial charge in [0, 0.05) is 16.8 Å². The Hall–Kier alpha value is -4.71. The molecule has 1 amide bonds. The summed E-state index contributed by atoms with van der Waals surface area (Å²) in [4.78, 5) is 13.7. The van der Waals surface area contributed by atoms with Crippen LogP contribution in [0.5, 0.6) is 5.75 Å². The second-order valence-corrected chi connectivity index (χ2v) is 13.7. The van der Waals surface area contributed by atoms with Crippen LogP contribution in [0.4, 0.5) is 17.1 Å². The molecule has 0 radical (unpaired) electrons. The molecule has 0 saturated heterocycles. The Kier molecular flexibility index (Phi) is 7.86. The molecule has 4 aromatic rings. The van der Waals surface area contributed by atoms with Crippen molar-refractivity contribution in [1.82, 2.24) is 9.78 Å². The number of methoxy groups -OCH3 is 1. The van der Waals surface area contributed by atoms with Crippen LogP contribution in [0.25, 0.3) is 5.69 Å². The molecule has 1 aromatic heterocycles. The van der Waals surface area contributed by atoms with E-state index in [1.807, 2.05) is 65.3 Å². The highest BCUT2D eigenvalue weighted by atomic mass is 32.2. The Bertz CT molecular complexity index is 1900. The molecule has 45 heavy (non-hydrogen) atoms. The van der Waals surface area contributed by atoms with E-state index in [0.29, 0.717) is 17.8 Å². The predicted molar refractivity (Wildman–Crippen MR) is 175 cm³/mol. The van der Waals surface area contributed by atoms with Gasteiger partial charge in [0.1, 0.15) is 6.04 Å². The summed E-state index contributed by atoms with van der Waals surface area (Å²) in [7, 11) is -2.14. The van der Waals surface area contributed by atoms with Gasteiger partial charge in [0.25, 0.3) is 5.91 Å². The van der Waals surface area contributed by atoms with Crippen LogP contribution in [0.15, 0.2) is 77.2 Å². The molecule has 1 aliphatic carbocycles. The fraction of sp³-hybridized carbons (Fsp3) is 0.333. The summed E-state index contributed by atoms with van der Waals surface area (Å²) in [5.41, 5.74) is 6.77. The van der Waals surface area contributed by atoms with Gasteiger partial charge in [-0.25, -0.2) is 18.1 Å². The van der Waals surface area contributed by atoms with Crippen molar-refractivity contribution in [2.45, 2.75) is 51.5 Å². The van der Waals surface area contributed by atoms with Gasteiger partial charge in [-0.05, 0) is 79.1 Å². The van der Waals surface area contributed by atoms with Crippen molar-refractivity contribution < 1.29 is 17.9 Å². The topological polar surface area (TPSA) is 130 Å². The van der Waals surface area contributed by atoms with Gasteiger partial charge in [0.05, 0.1) is 48.9 Å². The minimum absolute atomic E-state index is 0.0801. The number of sulfonamides is 1. The molecule has 0 spiro atoms. The molecule has 1 aliphatic heterocycles. The van der Waals surface area contributed by atoms with Gasteiger partial charge in [-0.1, -0.05) is 43.3 Å². The molecular weight excluding hydrogens is 590 g/mol. The van der Waals surface area contributed by atoms with Crippen LogP contribution in [0, 0.1) is 6.92 Å². The Balaban J connectivity index is 1.25. The molecule has 1 fully saturated rings. The van der Waals surface area contributed by atoms with Gasteiger partial charge in [-0.2, -0.15) is 10.2 Å². The van der Waals surface area contributed by atoms with E-state index in [2.05, 4.69) is 39.3 Å². The number of hydrogen-bond donors (Lipinski definition) is 2. The first-order chi connectivity index (χ1) is 21.5. The Morgan fingerprint density at radius 3 is 2.49 bits per heavy atom. The van der Waals surface area contributed by atoms with E-state index in [-0.39, 0.29) is 28.8 Å². The van der Waals surface area contributed by atoms with E-state index in [1.54, 1.807) is 18.2 Å². The zero-order valence-corrected chi connectivity index (χ0v) is 26.9. The molecule has 11 nitrogen and oxygen atoms in total. The number of hydrogen-bond acceptors (Lipinski definition) is 8. The van der Waals surface area contributed by atoms with Gasteiger partial charge >= 0.3 is 0 Å². The van der Waals surface area contributed by atoms with Crippen molar-refractivity contribution in [2.75, 3.05) is 35.0 Å². The molecule has 12 heteroatoms. The monoisotopic (exact) mass is 627 g/mol. The molecule has 6 rings (SSSR count). The van der Waals surface area contributed by atoms with Gasteiger partial charge in [-0.3, -0.25) is 9.52 Å². The third-order valence-electron chi connectivity index (χ3n) is 8.52. The standard InChI is InChI=1S/C33H37N7O4S/c1-6-29-25(19-34-40(29)24-10-8-7-9-11-24)28-20-39(38-36-28)30-16-22(13-12-21(30)2)32(41)35-26-17-23(33(3)14-15-33)18-27(31(26)44-4)37-45(5,42)43/h7-13,16-19,28,37H,6,14-15,20H2,1-5H3,(H,35,41). The van der Waals surface area contributed by atoms with E-state index in [9.17, 15) is 13.2 Å². The van der Waals surface area contributed by atoms with E-state index in [0.717, 1.165) is 59.3 Å². The highest BCUT2D eigenvalue weighted by Crippen LogP contribution is 2.51. The van der Waals surface area contributed by atoms with E-state index >= 15 is 0 Å². The lowest BCUT2D eigenvalue weighted by molar-refractivity contribution is 0.102. The zero-order valence-electron chi connectivity index (χ0n) is 26.0. The fourth-order valence-corrected chi connectivity index (χ4v) is 6.30. The predicted octanol–water partition coefficient (Wildman–Crippen LogP) is 6.36. The van der Waals surface area contributed by atoms with Gasteiger partial charge in [0.2, 0.25) is 10.0 Å². The Morgan fingerprint density at radius 1 is 1.09 bits per heavy atom. The molecule has 3 aromatic carbocycles. The number of aryl methyl sites for hydroxylation is 1.